The van der Waals surface area contributed by atoms with Crippen LogP contribution < -0.4 is 5.73 Å². The number of aromatic nitrogens is 2. The molecule has 0 fully saturated rings. The van der Waals surface area contributed by atoms with Gasteiger partial charge in [-0.2, -0.15) is 5.10 Å². The van der Waals surface area contributed by atoms with Crippen LogP contribution in [0.1, 0.15) is 26.8 Å². The van der Waals surface area contributed by atoms with Gasteiger partial charge < -0.3 is 5.73 Å². The highest BCUT2D eigenvalue weighted by Gasteiger charge is 2.11. The predicted molar refractivity (Wildman–Crippen MR) is 46.2 cm³/mol. The molecule has 1 aromatic rings. The fourth-order valence-corrected chi connectivity index (χ4v) is 0.947. The molecule has 0 spiro atoms. The highest BCUT2D eigenvalue weighted by Crippen LogP contribution is 2.18. The molecule has 2 N–H and O–H groups in total. The van der Waals surface area contributed by atoms with E-state index in [4.69, 9.17) is 5.73 Å². The van der Waals surface area contributed by atoms with E-state index in [1.807, 2.05) is 10.7 Å². The molecule has 0 aliphatic carbocycles. The molecule has 0 unspecified atom stereocenters. The third kappa shape index (κ3) is 1.53. The fourth-order valence-electron chi connectivity index (χ4n) is 0.947. The Bertz CT molecular complexity index is 227. The zero-order valence-electron chi connectivity index (χ0n) is 7.28. The molecule has 1 heterocycles. The summed E-state index contributed by atoms with van der Waals surface area (Å²) in [6.45, 7) is 6.44. The maximum atomic E-state index is 5.68. The van der Waals surface area contributed by atoms with Crippen molar-refractivity contribution >= 4 is 5.82 Å². The van der Waals surface area contributed by atoms with E-state index in [-0.39, 0.29) is 0 Å². The molecule has 0 aliphatic rings. The molecule has 0 saturated carbocycles. The minimum Gasteiger partial charge on any atom is -0.384 e. The number of nitrogen functional groups attached to an aromatic ring is 1. The van der Waals surface area contributed by atoms with Crippen molar-refractivity contribution in [3.05, 3.63) is 12.3 Å². The van der Waals surface area contributed by atoms with Crippen molar-refractivity contribution in [2.45, 2.75) is 26.8 Å². The quantitative estimate of drug-likeness (QED) is 0.702. The topological polar surface area (TPSA) is 43.8 Å². The molecule has 11 heavy (non-hydrogen) atoms. The number of hydrogen-bond donors (Lipinski definition) is 1. The van der Waals surface area contributed by atoms with Crippen molar-refractivity contribution in [2.75, 3.05) is 5.73 Å². The van der Waals surface area contributed by atoms with Crippen LogP contribution in [-0.4, -0.2) is 9.78 Å². The van der Waals surface area contributed by atoms with E-state index in [9.17, 15) is 0 Å². The number of nitrogens with two attached hydrogens (primary N) is 1. The summed E-state index contributed by atoms with van der Waals surface area (Å²) in [5.41, 5.74) is 5.68. The van der Waals surface area contributed by atoms with E-state index in [0.29, 0.717) is 12.0 Å². The monoisotopic (exact) mass is 153 g/mol. The lowest BCUT2D eigenvalue weighted by atomic mass is 10.1. The largest absolute Gasteiger partial charge is 0.384 e. The second-order valence-corrected chi connectivity index (χ2v) is 3.19. The second kappa shape index (κ2) is 2.95. The number of hydrogen-bond acceptors (Lipinski definition) is 2. The van der Waals surface area contributed by atoms with Gasteiger partial charge in [0, 0.05) is 0 Å². The first-order valence-electron chi connectivity index (χ1n) is 3.92. The average molecular weight is 153 g/mol. The summed E-state index contributed by atoms with van der Waals surface area (Å²) in [6.07, 6.45) is 1.73. The van der Waals surface area contributed by atoms with Gasteiger partial charge in [0.15, 0.2) is 0 Å². The molecule has 3 nitrogen and oxygen atoms in total. The summed E-state index contributed by atoms with van der Waals surface area (Å²) in [7, 11) is 0. The van der Waals surface area contributed by atoms with Crippen molar-refractivity contribution in [2.24, 2.45) is 5.92 Å². The molecule has 1 rings (SSSR count). The summed E-state index contributed by atoms with van der Waals surface area (Å²) < 4.78 is 1.85. The van der Waals surface area contributed by atoms with Crippen molar-refractivity contribution < 1.29 is 0 Å². The maximum Gasteiger partial charge on any atom is 0.121 e. The van der Waals surface area contributed by atoms with Crippen molar-refractivity contribution in [3.63, 3.8) is 0 Å². The zero-order chi connectivity index (χ0) is 8.43. The van der Waals surface area contributed by atoms with Gasteiger partial charge in [0.1, 0.15) is 5.82 Å². The Kier molecular flexibility index (Phi) is 2.17. The van der Waals surface area contributed by atoms with E-state index in [1.54, 1.807) is 6.20 Å². The van der Waals surface area contributed by atoms with Crippen LogP contribution in [0.25, 0.3) is 0 Å². The van der Waals surface area contributed by atoms with Gasteiger partial charge in [-0.25, -0.2) is 4.68 Å². The van der Waals surface area contributed by atoms with E-state index in [0.717, 1.165) is 5.82 Å². The first-order valence-corrected chi connectivity index (χ1v) is 3.92. The van der Waals surface area contributed by atoms with E-state index >= 15 is 0 Å². The van der Waals surface area contributed by atoms with Gasteiger partial charge in [-0.05, 0) is 18.9 Å². The summed E-state index contributed by atoms with van der Waals surface area (Å²) in [6, 6.07) is 2.20. The summed E-state index contributed by atoms with van der Waals surface area (Å²) in [5, 5.41) is 4.13. The molecule has 3 heteroatoms. The normalized spacial score (nSPS) is 13.8. The lowest BCUT2D eigenvalue weighted by Gasteiger charge is -2.17. The van der Waals surface area contributed by atoms with Crippen LogP contribution in [0.3, 0.4) is 0 Å². The standard InChI is InChI=1S/C8H15N3/c1-6(2)7(3)11-8(9)4-5-10-11/h4-7H,9H2,1-3H3/t7-/m0/s1. The minimum atomic E-state index is 0.380. The Morgan fingerprint density at radius 1 is 1.45 bits per heavy atom. The molecule has 0 radical (unpaired) electrons. The van der Waals surface area contributed by atoms with Gasteiger partial charge in [-0.1, -0.05) is 13.8 Å². The van der Waals surface area contributed by atoms with Crippen LogP contribution in [-0.2, 0) is 0 Å². The molecular formula is C8H15N3. The third-order valence-corrected chi connectivity index (χ3v) is 2.05. The molecule has 0 saturated heterocycles. The average Bonchev–Trinajstić information content (AvgIpc) is 2.33. The van der Waals surface area contributed by atoms with Gasteiger partial charge in [0.2, 0.25) is 0 Å². The SMILES string of the molecule is CC(C)[C@H](C)n1nccc1N. The molecule has 62 valence electrons. The smallest absolute Gasteiger partial charge is 0.121 e. The van der Waals surface area contributed by atoms with E-state index in [2.05, 4.69) is 25.9 Å². The van der Waals surface area contributed by atoms with Crippen LogP contribution in [0.15, 0.2) is 12.3 Å². The Hall–Kier alpha value is -0.990. The van der Waals surface area contributed by atoms with Gasteiger partial charge in [0.25, 0.3) is 0 Å². The van der Waals surface area contributed by atoms with Crippen LogP contribution >= 0.6 is 0 Å². The van der Waals surface area contributed by atoms with Crippen molar-refractivity contribution in [3.8, 4) is 0 Å². The Labute approximate surface area is 67.2 Å². The maximum absolute atomic E-state index is 5.68. The molecule has 1 aromatic heterocycles. The third-order valence-electron chi connectivity index (χ3n) is 2.05. The van der Waals surface area contributed by atoms with E-state index < -0.39 is 0 Å². The van der Waals surface area contributed by atoms with E-state index in [1.165, 1.54) is 0 Å². The van der Waals surface area contributed by atoms with Crippen LogP contribution in [0, 0.1) is 5.92 Å². The fraction of sp³-hybridized carbons (Fsp3) is 0.625. The second-order valence-electron chi connectivity index (χ2n) is 3.19. The lowest BCUT2D eigenvalue weighted by Crippen LogP contribution is -2.14. The summed E-state index contributed by atoms with van der Waals surface area (Å²) in [4.78, 5) is 0. The van der Waals surface area contributed by atoms with Crippen molar-refractivity contribution in [1.82, 2.24) is 9.78 Å². The number of rotatable bonds is 2. The first kappa shape index (κ1) is 8.11. The van der Waals surface area contributed by atoms with Gasteiger partial charge in [-0.15, -0.1) is 0 Å². The minimum absolute atomic E-state index is 0.380. The summed E-state index contributed by atoms with van der Waals surface area (Å²) in [5.74, 6) is 1.31. The van der Waals surface area contributed by atoms with Crippen LogP contribution in [0.2, 0.25) is 0 Å². The Balaban J connectivity index is 2.84. The van der Waals surface area contributed by atoms with Gasteiger partial charge in [0.05, 0.1) is 12.2 Å². The van der Waals surface area contributed by atoms with Crippen LogP contribution in [0.4, 0.5) is 5.82 Å². The molecule has 0 amide bonds. The highest BCUT2D eigenvalue weighted by molar-refractivity contribution is 5.26. The Morgan fingerprint density at radius 3 is 2.45 bits per heavy atom. The van der Waals surface area contributed by atoms with Gasteiger partial charge in [-0.3, -0.25) is 0 Å². The first-order chi connectivity index (χ1) is 5.13. The summed E-state index contributed by atoms with van der Waals surface area (Å²) >= 11 is 0. The molecule has 0 aromatic carbocycles. The van der Waals surface area contributed by atoms with Crippen LogP contribution in [0.5, 0.6) is 0 Å². The lowest BCUT2D eigenvalue weighted by molar-refractivity contribution is 0.380. The molecule has 0 aliphatic heterocycles. The highest BCUT2D eigenvalue weighted by atomic mass is 15.3. The molecule has 1 atom stereocenters. The number of anilines is 1. The zero-order valence-corrected chi connectivity index (χ0v) is 7.28. The van der Waals surface area contributed by atoms with Crippen molar-refractivity contribution in [1.29, 1.82) is 0 Å². The molecule has 0 bridgehead atoms. The predicted octanol–water partition coefficient (Wildman–Crippen LogP) is 1.68. The van der Waals surface area contributed by atoms with Gasteiger partial charge >= 0.3 is 0 Å². The Morgan fingerprint density at radius 2 is 2.09 bits per heavy atom. The molecular weight excluding hydrogens is 138 g/mol. The number of nitrogens with zero attached hydrogens (tertiary/aromatic N) is 2.